The molecule has 1 aromatic rings. The van der Waals surface area contributed by atoms with Crippen molar-refractivity contribution in [1.29, 1.82) is 0 Å². The molecule has 1 atom stereocenters. The molecule has 1 aliphatic rings. The van der Waals surface area contributed by atoms with Crippen molar-refractivity contribution in [2.75, 3.05) is 11.5 Å². The first-order valence-corrected chi connectivity index (χ1v) is 7.31. The van der Waals surface area contributed by atoms with Crippen molar-refractivity contribution < 1.29 is 19.1 Å². The molecule has 1 amide bonds. The van der Waals surface area contributed by atoms with Gasteiger partial charge < -0.3 is 10.4 Å². The number of amides is 1. The molecule has 20 heavy (non-hydrogen) atoms. The molecule has 4 nitrogen and oxygen atoms in total. The highest BCUT2D eigenvalue weighted by molar-refractivity contribution is 7.99. The number of carbonyl (C=O) groups is 2. The molecule has 1 aromatic carbocycles. The van der Waals surface area contributed by atoms with E-state index in [-0.39, 0.29) is 11.6 Å². The van der Waals surface area contributed by atoms with Crippen LogP contribution in [0.4, 0.5) is 4.39 Å². The number of halogens is 1. The molecule has 1 fully saturated rings. The van der Waals surface area contributed by atoms with Crippen LogP contribution in [-0.4, -0.2) is 34.5 Å². The Morgan fingerprint density at radius 1 is 1.45 bits per heavy atom. The summed E-state index contributed by atoms with van der Waals surface area (Å²) < 4.78 is 13.7. The Hall–Kier alpha value is -1.82. The molecule has 0 bridgehead atoms. The van der Waals surface area contributed by atoms with Gasteiger partial charge in [0.05, 0.1) is 5.56 Å². The number of rotatable bonds is 4. The lowest BCUT2D eigenvalue weighted by atomic mass is 10.1. The molecule has 0 saturated carbocycles. The van der Waals surface area contributed by atoms with Crippen LogP contribution in [0.5, 0.6) is 0 Å². The van der Waals surface area contributed by atoms with Gasteiger partial charge >= 0.3 is 5.97 Å². The van der Waals surface area contributed by atoms with E-state index in [9.17, 15) is 14.0 Å². The third-order valence-electron chi connectivity index (χ3n) is 2.92. The molecule has 106 valence electrons. The van der Waals surface area contributed by atoms with Gasteiger partial charge in [0.2, 0.25) is 0 Å². The van der Waals surface area contributed by atoms with E-state index in [1.165, 1.54) is 24.3 Å². The van der Waals surface area contributed by atoms with Gasteiger partial charge in [-0.05, 0) is 35.9 Å². The fourth-order valence-corrected chi connectivity index (χ4v) is 3.05. The zero-order valence-electron chi connectivity index (χ0n) is 10.6. The Bertz CT molecular complexity index is 553. The number of hydrogen-bond donors (Lipinski definition) is 2. The van der Waals surface area contributed by atoms with Gasteiger partial charge in [-0.25, -0.2) is 9.18 Å². The molecule has 0 spiro atoms. The summed E-state index contributed by atoms with van der Waals surface area (Å²) in [5.74, 6) is -0.328. The minimum atomic E-state index is -1.09. The number of carboxylic acids is 1. The van der Waals surface area contributed by atoms with Crippen LogP contribution < -0.4 is 5.32 Å². The maximum Gasteiger partial charge on any atom is 0.328 e. The van der Waals surface area contributed by atoms with Gasteiger partial charge in [-0.1, -0.05) is 6.07 Å². The molecule has 1 unspecified atom stereocenters. The number of aliphatic carboxylic acids is 1. The Morgan fingerprint density at radius 2 is 2.25 bits per heavy atom. The third-order valence-corrected chi connectivity index (χ3v) is 4.08. The van der Waals surface area contributed by atoms with Crippen molar-refractivity contribution >= 4 is 29.7 Å². The second-order valence-electron chi connectivity index (χ2n) is 4.44. The monoisotopic (exact) mass is 295 g/mol. The van der Waals surface area contributed by atoms with Gasteiger partial charge in [-0.2, -0.15) is 11.8 Å². The predicted octanol–water partition coefficient (Wildman–Crippen LogP) is 2.16. The lowest BCUT2D eigenvalue weighted by Crippen LogP contribution is -2.35. The molecule has 2 rings (SSSR count). The minimum absolute atomic E-state index is 0.0607. The SMILES string of the molecule is O=C(O)/C=C/c1ccc(F)c(C(=O)NC2CCSC2)c1. The average molecular weight is 295 g/mol. The quantitative estimate of drug-likeness (QED) is 0.835. The van der Waals surface area contributed by atoms with Crippen LogP contribution in [0.25, 0.3) is 6.08 Å². The number of carbonyl (C=O) groups excluding carboxylic acids is 1. The maximum absolute atomic E-state index is 13.7. The number of hydrogen-bond acceptors (Lipinski definition) is 3. The van der Waals surface area contributed by atoms with Crippen LogP contribution in [0.1, 0.15) is 22.3 Å². The highest BCUT2D eigenvalue weighted by Gasteiger charge is 2.20. The summed E-state index contributed by atoms with van der Waals surface area (Å²) in [7, 11) is 0. The van der Waals surface area contributed by atoms with E-state index in [0.29, 0.717) is 5.56 Å². The number of thioether (sulfide) groups is 1. The van der Waals surface area contributed by atoms with Crippen molar-refractivity contribution in [3.63, 3.8) is 0 Å². The lowest BCUT2D eigenvalue weighted by molar-refractivity contribution is -0.131. The summed E-state index contributed by atoms with van der Waals surface area (Å²) in [6.07, 6.45) is 3.16. The zero-order valence-corrected chi connectivity index (χ0v) is 11.5. The minimum Gasteiger partial charge on any atom is -0.478 e. The Balaban J connectivity index is 2.14. The number of benzene rings is 1. The first kappa shape index (κ1) is 14.6. The molecular formula is C14H14FNO3S. The largest absolute Gasteiger partial charge is 0.478 e. The molecule has 1 saturated heterocycles. The molecule has 2 N–H and O–H groups in total. The van der Waals surface area contributed by atoms with E-state index in [0.717, 1.165) is 24.0 Å². The Labute approximate surface area is 120 Å². The predicted molar refractivity (Wildman–Crippen MR) is 76.3 cm³/mol. The first-order valence-electron chi connectivity index (χ1n) is 6.15. The summed E-state index contributed by atoms with van der Waals surface area (Å²) in [5, 5.41) is 11.3. The third kappa shape index (κ3) is 3.84. The van der Waals surface area contributed by atoms with E-state index < -0.39 is 17.7 Å². The van der Waals surface area contributed by atoms with Gasteiger partial charge in [-0.3, -0.25) is 4.79 Å². The standard InChI is InChI=1S/C14H14FNO3S/c15-12-3-1-9(2-4-13(17)18)7-11(12)14(19)16-10-5-6-20-8-10/h1-4,7,10H,5-6,8H2,(H,16,19)(H,17,18)/b4-2+. The molecule has 1 aliphatic heterocycles. The van der Waals surface area contributed by atoms with Gasteiger partial charge in [0.25, 0.3) is 5.91 Å². The summed E-state index contributed by atoms with van der Waals surface area (Å²) in [5.41, 5.74) is 0.411. The van der Waals surface area contributed by atoms with Crippen LogP contribution in [0.3, 0.4) is 0 Å². The fraction of sp³-hybridized carbons (Fsp3) is 0.286. The van der Waals surface area contributed by atoms with E-state index in [1.807, 2.05) is 0 Å². The topological polar surface area (TPSA) is 66.4 Å². The second kappa shape index (κ2) is 6.56. The lowest BCUT2D eigenvalue weighted by Gasteiger charge is -2.12. The van der Waals surface area contributed by atoms with E-state index in [2.05, 4.69) is 5.32 Å². The smallest absolute Gasteiger partial charge is 0.328 e. The van der Waals surface area contributed by atoms with Crippen molar-refractivity contribution in [1.82, 2.24) is 5.32 Å². The normalized spacial score (nSPS) is 18.4. The van der Waals surface area contributed by atoms with Crippen LogP contribution in [0, 0.1) is 5.82 Å². The summed E-state index contributed by atoms with van der Waals surface area (Å²) in [6, 6.07) is 4.02. The summed E-state index contributed by atoms with van der Waals surface area (Å²) in [6.45, 7) is 0. The molecule has 0 aromatic heterocycles. The van der Waals surface area contributed by atoms with E-state index in [1.54, 1.807) is 11.8 Å². The zero-order chi connectivity index (χ0) is 14.5. The highest BCUT2D eigenvalue weighted by atomic mass is 32.2. The molecule has 0 aliphatic carbocycles. The highest BCUT2D eigenvalue weighted by Crippen LogP contribution is 2.18. The summed E-state index contributed by atoms with van der Waals surface area (Å²) >= 11 is 1.75. The van der Waals surface area contributed by atoms with Crippen LogP contribution in [0.2, 0.25) is 0 Å². The van der Waals surface area contributed by atoms with Gasteiger partial charge in [-0.15, -0.1) is 0 Å². The van der Waals surface area contributed by atoms with Crippen molar-refractivity contribution in [2.24, 2.45) is 0 Å². The average Bonchev–Trinajstić information content (AvgIpc) is 2.90. The van der Waals surface area contributed by atoms with Crippen LogP contribution in [0.15, 0.2) is 24.3 Å². The Kier molecular flexibility index (Phi) is 4.79. The van der Waals surface area contributed by atoms with Crippen molar-refractivity contribution in [3.8, 4) is 0 Å². The molecule has 6 heteroatoms. The van der Waals surface area contributed by atoms with Crippen LogP contribution >= 0.6 is 11.8 Å². The number of carboxylic acid groups (broad SMARTS) is 1. The molecule has 0 radical (unpaired) electrons. The van der Waals surface area contributed by atoms with Gasteiger partial charge in [0.15, 0.2) is 0 Å². The Morgan fingerprint density at radius 3 is 2.90 bits per heavy atom. The van der Waals surface area contributed by atoms with E-state index in [4.69, 9.17) is 5.11 Å². The molecular weight excluding hydrogens is 281 g/mol. The first-order chi connectivity index (χ1) is 9.56. The van der Waals surface area contributed by atoms with Crippen molar-refractivity contribution in [3.05, 3.63) is 41.2 Å². The van der Waals surface area contributed by atoms with Crippen LogP contribution in [-0.2, 0) is 4.79 Å². The number of nitrogens with one attached hydrogen (secondary N) is 1. The van der Waals surface area contributed by atoms with E-state index >= 15 is 0 Å². The van der Waals surface area contributed by atoms with Gasteiger partial charge in [0.1, 0.15) is 5.82 Å². The second-order valence-corrected chi connectivity index (χ2v) is 5.59. The van der Waals surface area contributed by atoms with Gasteiger partial charge in [0, 0.05) is 17.9 Å². The molecule has 1 heterocycles. The van der Waals surface area contributed by atoms with Crippen molar-refractivity contribution in [2.45, 2.75) is 12.5 Å². The summed E-state index contributed by atoms with van der Waals surface area (Å²) in [4.78, 5) is 22.5. The fourth-order valence-electron chi connectivity index (χ4n) is 1.90. The maximum atomic E-state index is 13.7.